The number of methoxy groups -OCH3 is 1. The quantitative estimate of drug-likeness (QED) is 0.753. The van der Waals surface area contributed by atoms with Gasteiger partial charge in [-0.25, -0.2) is 0 Å². The molecule has 0 bridgehead atoms. The summed E-state index contributed by atoms with van der Waals surface area (Å²) in [4.78, 5) is 18.9. The number of anilines is 1. The van der Waals surface area contributed by atoms with Crippen molar-refractivity contribution in [2.24, 2.45) is 0 Å². The number of nitrogens with zero attached hydrogens (tertiary/aromatic N) is 3. The first-order chi connectivity index (χ1) is 13.2. The minimum atomic E-state index is 0.122. The van der Waals surface area contributed by atoms with Crippen molar-refractivity contribution in [1.82, 2.24) is 14.5 Å². The van der Waals surface area contributed by atoms with Gasteiger partial charge in [-0.3, -0.25) is 19.2 Å². The van der Waals surface area contributed by atoms with E-state index in [-0.39, 0.29) is 5.91 Å². The number of pyridine rings is 1. The topological polar surface area (TPSA) is 59.4 Å². The number of ether oxygens (including phenoxy) is 1. The number of hydrogen-bond acceptors (Lipinski definition) is 5. The lowest BCUT2D eigenvalue weighted by Gasteiger charge is -2.32. The Bertz CT molecular complexity index is 915. The van der Waals surface area contributed by atoms with Gasteiger partial charge in [0.05, 0.1) is 19.2 Å². The number of fused-ring (bicyclic) bond motifs is 1. The molecule has 3 aromatic rings. The van der Waals surface area contributed by atoms with Gasteiger partial charge in [0, 0.05) is 60.9 Å². The van der Waals surface area contributed by atoms with E-state index in [1.807, 2.05) is 30.3 Å². The van der Waals surface area contributed by atoms with Gasteiger partial charge in [0.25, 0.3) is 0 Å². The Morgan fingerprint density at radius 2 is 2.00 bits per heavy atom. The highest BCUT2D eigenvalue weighted by atomic mass is 16.5. The minimum absolute atomic E-state index is 0.122. The van der Waals surface area contributed by atoms with Crippen molar-refractivity contribution in [2.45, 2.75) is 18.9 Å². The van der Waals surface area contributed by atoms with Gasteiger partial charge in [0.2, 0.25) is 5.91 Å². The number of rotatable bonds is 5. The van der Waals surface area contributed by atoms with Gasteiger partial charge in [-0.15, -0.1) is 0 Å². The molecule has 1 N–H and O–H groups in total. The summed E-state index contributed by atoms with van der Waals surface area (Å²) in [5.74, 6) is 0.926. The molecule has 0 spiro atoms. The number of carbonyl (C=O) groups excluding carboxylic acids is 1. The van der Waals surface area contributed by atoms with Crippen LogP contribution >= 0.6 is 0 Å². The summed E-state index contributed by atoms with van der Waals surface area (Å²) >= 11 is 0. The molecule has 140 valence electrons. The second kappa shape index (κ2) is 7.80. The van der Waals surface area contributed by atoms with Gasteiger partial charge in [0.15, 0.2) is 0 Å². The van der Waals surface area contributed by atoms with Crippen LogP contribution in [0.25, 0.3) is 10.9 Å². The number of hydrogen-bond donors (Lipinski definition) is 1. The maximum atomic E-state index is 12.2. The molecule has 1 fully saturated rings. The van der Waals surface area contributed by atoms with E-state index < -0.39 is 0 Å². The van der Waals surface area contributed by atoms with E-state index in [1.165, 1.54) is 0 Å². The number of aromatic nitrogens is 2. The highest BCUT2D eigenvalue weighted by molar-refractivity contribution is 5.92. The van der Waals surface area contributed by atoms with Gasteiger partial charge in [-0.05, 0) is 37.1 Å². The van der Waals surface area contributed by atoms with Gasteiger partial charge in [-0.2, -0.15) is 0 Å². The number of benzene rings is 1. The number of nitrogens with one attached hydrogen (secondary N) is 1. The average molecular weight is 364 g/mol. The first-order valence-corrected chi connectivity index (χ1v) is 9.31. The lowest BCUT2D eigenvalue weighted by molar-refractivity contribution is 0.0830. The maximum Gasteiger partial charge on any atom is 0.244 e. The third-order valence-electron chi connectivity index (χ3n) is 5.13. The van der Waals surface area contributed by atoms with Crippen LogP contribution in [0.3, 0.4) is 0 Å². The lowest BCUT2D eigenvalue weighted by atomic mass is 10.0. The number of piperidine rings is 1. The van der Waals surface area contributed by atoms with Crippen molar-refractivity contribution < 1.29 is 9.53 Å². The Balaban J connectivity index is 1.39. The van der Waals surface area contributed by atoms with Crippen molar-refractivity contribution in [3.63, 3.8) is 0 Å². The Morgan fingerprint density at radius 1 is 1.22 bits per heavy atom. The third-order valence-corrected chi connectivity index (χ3v) is 5.13. The van der Waals surface area contributed by atoms with E-state index >= 15 is 0 Å². The van der Waals surface area contributed by atoms with Crippen molar-refractivity contribution in [3.05, 3.63) is 55.0 Å². The van der Waals surface area contributed by atoms with Crippen LogP contribution in [0, 0.1) is 0 Å². The van der Waals surface area contributed by atoms with Crippen LogP contribution in [0.4, 0.5) is 5.69 Å². The monoisotopic (exact) mass is 364 g/mol. The van der Waals surface area contributed by atoms with Crippen molar-refractivity contribution in [2.75, 3.05) is 32.1 Å². The van der Waals surface area contributed by atoms with Gasteiger partial charge >= 0.3 is 0 Å². The summed E-state index contributed by atoms with van der Waals surface area (Å²) in [6.45, 7) is 2.28. The number of carbonyl (C=O) groups is 1. The van der Waals surface area contributed by atoms with E-state index in [0.29, 0.717) is 12.6 Å². The standard InChI is InChI=1S/C21H24N4O2/c1-27-17-13-19-18(5-4-8-22-19)20(14-17)23-16-6-11-24(12-7-16)15-21(26)25-9-2-3-10-25/h2-5,8-10,13-14,16,23H,6-7,11-12,15H2,1H3. The molecule has 0 amide bonds. The summed E-state index contributed by atoms with van der Waals surface area (Å²) < 4.78 is 7.07. The molecule has 0 saturated carbocycles. The molecule has 3 heterocycles. The molecule has 1 saturated heterocycles. The summed E-state index contributed by atoms with van der Waals surface area (Å²) in [5.41, 5.74) is 1.98. The zero-order valence-electron chi connectivity index (χ0n) is 15.5. The predicted octanol–water partition coefficient (Wildman–Crippen LogP) is 3.26. The molecular formula is C21H24N4O2. The van der Waals surface area contributed by atoms with E-state index in [4.69, 9.17) is 4.74 Å². The summed E-state index contributed by atoms with van der Waals surface area (Å²) in [7, 11) is 1.67. The van der Waals surface area contributed by atoms with E-state index in [2.05, 4.69) is 21.3 Å². The average Bonchev–Trinajstić information content (AvgIpc) is 3.24. The predicted molar refractivity (Wildman–Crippen MR) is 106 cm³/mol. The van der Waals surface area contributed by atoms with Crippen molar-refractivity contribution >= 4 is 22.5 Å². The molecule has 6 heteroatoms. The smallest absolute Gasteiger partial charge is 0.244 e. The van der Waals surface area contributed by atoms with Crippen LogP contribution in [0.5, 0.6) is 5.75 Å². The zero-order chi connectivity index (χ0) is 18.6. The fourth-order valence-corrected chi connectivity index (χ4v) is 3.62. The maximum absolute atomic E-state index is 12.2. The van der Waals surface area contributed by atoms with Gasteiger partial charge < -0.3 is 10.1 Å². The van der Waals surface area contributed by atoms with Crippen LogP contribution in [-0.2, 0) is 0 Å². The Morgan fingerprint density at radius 3 is 2.74 bits per heavy atom. The fourth-order valence-electron chi connectivity index (χ4n) is 3.62. The van der Waals surface area contributed by atoms with E-state index in [1.54, 1.807) is 30.3 Å². The molecule has 6 nitrogen and oxygen atoms in total. The first kappa shape index (κ1) is 17.5. The molecule has 4 rings (SSSR count). The molecule has 0 radical (unpaired) electrons. The van der Waals surface area contributed by atoms with Gasteiger partial charge in [0.1, 0.15) is 5.75 Å². The first-order valence-electron chi connectivity index (χ1n) is 9.31. The zero-order valence-corrected chi connectivity index (χ0v) is 15.5. The third kappa shape index (κ3) is 3.95. The van der Waals surface area contributed by atoms with Crippen LogP contribution in [0.1, 0.15) is 17.6 Å². The summed E-state index contributed by atoms with van der Waals surface area (Å²) in [5, 5.41) is 4.76. The molecule has 1 aromatic carbocycles. The molecule has 0 unspecified atom stereocenters. The van der Waals surface area contributed by atoms with Crippen LogP contribution < -0.4 is 10.1 Å². The normalized spacial score (nSPS) is 15.7. The lowest BCUT2D eigenvalue weighted by Crippen LogP contribution is -2.42. The molecule has 1 aliphatic heterocycles. The molecule has 2 aromatic heterocycles. The van der Waals surface area contributed by atoms with Crippen LogP contribution in [-0.4, -0.2) is 53.1 Å². The largest absolute Gasteiger partial charge is 0.497 e. The minimum Gasteiger partial charge on any atom is -0.497 e. The molecule has 1 aliphatic rings. The summed E-state index contributed by atoms with van der Waals surface area (Å²) in [6, 6.07) is 12.1. The second-order valence-electron chi connectivity index (χ2n) is 6.92. The SMILES string of the molecule is COc1cc(NC2CCN(CC(=O)n3cccc3)CC2)c2cccnc2c1. The van der Waals surface area contributed by atoms with Crippen LogP contribution in [0.15, 0.2) is 55.0 Å². The summed E-state index contributed by atoms with van der Waals surface area (Å²) in [6.07, 6.45) is 7.40. The molecule has 0 atom stereocenters. The molecular weight excluding hydrogens is 340 g/mol. The second-order valence-corrected chi connectivity index (χ2v) is 6.92. The highest BCUT2D eigenvalue weighted by Crippen LogP contribution is 2.29. The van der Waals surface area contributed by atoms with Crippen LogP contribution in [0.2, 0.25) is 0 Å². The van der Waals surface area contributed by atoms with Crippen molar-refractivity contribution in [3.8, 4) is 5.75 Å². The molecule has 27 heavy (non-hydrogen) atoms. The Kier molecular flexibility index (Phi) is 5.07. The van der Waals surface area contributed by atoms with Gasteiger partial charge in [-0.1, -0.05) is 0 Å². The van der Waals surface area contributed by atoms with Crippen molar-refractivity contribution in [1.29, 1.82) is 0 Å². The molecule has 0 aliphatic carbocycles. The number of likely N-dealkylation sites (tertiary alicyclic amines) is 1. The van der Waals surface area contributed by atoms with E-state index in [0.717, 1.165) is 48.3 Å². The highest BCUT2D eigenvalue weighted by Gasteiger charge is 2.22. The fraction of sp³-hybridized carbons (Fsp3) is 0.333. The van der Waals surface area contributed by atoms with E-state index in [9.17, 15) is 4.79 Å². The Hall–Kier alpha value is -2.86. The Labute approximate surface area is 158 Å².